The summed E-state index contributed by atoms with van der Waals surface area (Å²) in [5.74, 6) is 0. The number of hydrogen-bond acceptors (Lipinski definition) is 2. The standard InChI is InChI=1S/C35H52N2/c1-3-5-7-8-9-10-11-12-13-14-15-16-17-18-25-31-35(37-33-28-23-20-24-29-33)34(30-6-4-2)36-32-26-21-19-22-27-32/h19-29,31H,3-18,30H2,1-2H3. The normalized spacial score (nSPS) is 12.5. The van der Waals surface area contributed by atoms with E-state index in [-0.39, 0.29) is 0 Å². The number of unbranched alkanes of at least 4 members (excludes halogenated alkanes) is 14. The highest BCUT2D eigenvalue weighted by molar-refractivity contribution is 6.47. The van der Waals surface area contributed by atoms with Gasteiger partial charge >= 0.3 is 0 Å². The van der Waals surface area contributed by atoms with Crippen molar-refractivity contribution in [2.24, 2.45) is 9.98 Å². The van der Waals surface area contributed by atoms with Gasteiger partial charge in [-0.2, -0.15) is 0 Å². The lowest BCUT2D eigenvalue weighted by Crippen LogP contribution is -2.11. The second-order valence-electron chi connectivity index (χ2n) is 10.3. The van der Waals surface area contributed by atoms with Crippen LogP contribution >= 0.6 is 0 Å². The summed E-state index contributed by atoms with van der Waals surface area (Å²) < 4.78 is 0. The third kappa shape index (κ3) is 15.4. The lowest BCUT2D eigenvalue weighted by molar-refractivity contribution is 0.540. The van der Waals surface area contributed by atoms with E-state index in [2.05, 4.69) is 62.4 Å². The molecule has 202 valence electrons. The first-order valence-electron chi connectivity index (χ1n) is 15.3. The highest BCUT2D eigenvalue weighted by atomic mass is 14.8. The largest absolute Gasteiger partial charge is 0.251 e. The molecule has 2 rings (SSSR count). The zero-order valence-corrected chi connectivity index (χ0v) is 23.8. The maximum absolute atomic E-state index is 5.02. The maximum Gasteiger partial charge on any atom is 0.0848 e. The molecular weight excluding hydrogens is 448 g/mol. The van der Waals surface area contributed by atoms with Crippen LogP contribution in [0.4, 0.5) is 11.4 Å². The van der Waals surface area contributed by atoms with Gasteiger partial charge in [-0.05, 0) is 56.0 Å². The molecule has 0 aliphatic rings. The number of rotatable bonds is 21. The molecule has 2 aromatic carbocycles. The van der Waals surface area contributed by atoms with E-state index in [0.29, 0.717) is 0 Å². The van der Waals surface area contributed by atoms with Gasteiger partial charge in [0.25, 0.3) is 0 Å². The first-order valence-corrected chi connectivity index (χ1v) is 15.3. The number of hydrogen-bond donors (Lipinski definition) is 0. The Morgan fingerprint density at radius 3 is 1.51 bits per heavy atom. The van der Waals surface area contributed by atoms with Crippen molar-refractivity contribution in [2.75, 3.05) is 0 Å². The van der Waals surface area contributed by atoms with Gasteiger partial charge in [-0.25, -0.2) is 4.99 Å². The van der Waals surface area contributed by atoms with Gasteiger partial charge in [0.15, 0.2) is 0 Å². The Labute approximate surface area is 228 Å². The van der Waals surface area contributed by atoms with Gasteiger partial charge in [0.1, 0.15) is 0 Å². The van der Waals surface area contributed by atoms with Crippen molar-refractivity contribution in [1.82, 2.24) is 0 Å². The first kappa shape index (κ1) is 30.7. The fourth-order valence-corrected chi connectivity index (χ4v) is 4.56. The SMILES string of the molecule is CCCCCCCCCCCCCCCC=CC(=Nc1ccccc1)C(CCCC)=Nc1ccccc1. The van der Waals surface area contributed by atoms with Crippen molar-refractivity contribution in [3.63, 3.8) is 0 Å². The van der Waals surface area contributed by atoms with Crippen molar-refractivity contribution in [2.45, 2.75) is 123 Å². The maximum atomic E-state index is 5.02. The quantitative estimate of drug-likeness (QED) is 0.120. The Bertz CT molecular complexity index is 880. The van der Waals surface area contributed by atoms with Crippen LogP contribution in [-0.4, -0.2) is 11.4 Å². The van der Waals surface area contributed by atoms with Crippen molar-refractivity contribution in [1.29, 1.82) is 0 Å². The molecular formula is C35H52N2. The molecule has 0 unspecified atom stereocenters. The van der Waals surface area contributed by atoms with Gasteiger partial charge in [0.05, 0.1) is 22.8 Å². The van der Waals surface area contributed by atoms with Crippen LogP contribution in [0.1, 0.15) is 123 Å². The van der Waals surface area contributed by atoms with E-state index in [4.69, 9.17) is 9.98 Å². The van der Waals surface area contributed by atoms with E-state index in [0.717, 1.165) is 48.5 Å². The highest BCUT2D eigenvalue weighted by Gasteiger charge is 2.07. The predicted molar refractivity (Wildman–Crippen MR) is 166 cm³/mol. The number of nitrogens with zero attached hydrogens (tertiary/aromatic N) is 2. The molecule has 0 atom stereocenters. The van der Waals surface area contributed by atoms with E-state index >= 15 is 0 Å². The molecule has 0 aromatic heterocycles. The summed E-state index contributed by atoms with van der Waals surface area (Å²) in [6.07, 6.45) is 27.0. The molecule has 0 spiro atoms. The molecule has 0 aliphatic carbocycles. The molecule has 2 aromatic rings. The Hall–Kier alpha value is -2.48. The zero-order chi connectivity index (χ0) is 26.2. The molecule has 2 nitrogen and oxygen atoms in total. The van der Waals surface area contributed by atoms with Crippen LogP contribution in [0.15, 0.2) is 82.8 Å². The summed E-state index contributed by atoms with van der Waals surface area (Å²) in [5.41, 5.74) is 4.07. The first-order chi connectivity index (χ1) is 18.3. The van der Waals surface area contributed by atoms with Gasteiger partial charge in [-0.3, -0.25) is 4.99 Å². The second kappa shape index (κ2) is 21.6. The Morgan fingerprint density at radius 2 is 1.00 bits per heavy atom. The fraction of sp³-hybridized carbons (Fsp3) is 0.543. The topological polar surface area (TPSA) is 24.7 Å². The van der Waals surface area contributed by atoms with Crippen molar-refractivity contribution in [3.8, 4) is 0 Å². The third-order valence-corrected chi connectivity index (χ3v) is 6.84. The molecule has 0 N–H and O–H groups in total. The average molecular weight is 501 g/mol. The third-order valence-electron chi connectivity index (χ3n) is 6.84. The lowest BCUT2D eigenvalue weighted by Gasteiger charge is -2.08. The van der Waals surface area contributed by atoms with Crippen molar-refractivity contribution in [3.05, 3.63) is 72.8 Å². The molecule has 0 bridgehead atoms. The summed E-state index contributed by atoms with van der Waals surface area (Å²) in [7, 11) is 0. The molecule has 37 heavy (non-hydrogen) atoms. The summed E-state index contributed by atoms with van der Waals surface area (Å²) in [5, 5.41) is 0. The number of allylic oxidation sites excluding steroid dienone is 2. The van der Waals surface area contributed by atoms with Crippen molar-refractivity contribution >= 4 is 22.8 Å². The summed E-state index contributed by atoms with van der Waals surface area (Å²) in [6.45, 7) is 4.53. The number of benzene rings is 2. The van der Waals surface area contributed by atoms with E-state index in [9.17, 15) is 0 Å². The van der Waals surface area contributed by atoms with Crippen molar-refractivity contribution < 1.29 is 0 Å². The minimum Gasteiger partial charge on any atom is -0.251 e. The Balaban J connectivity index is 1.81. The second-order valence-corrected chi connectivity index (χ2v) is 10.3. The van der Waals surface area contributed by atoms with Crippen LogP contribution in [0.25, 0.3) is 0 Å². The zero-order valence-electron chi connectivity index (χ0n) is 23.8. The Morgan fingerprint density at radius 1 is 0.541 bits per heavy atom. The van der Waals surface area contributed by atoms with E-state index in [1.54, 1.807) is 0 Å². The fourth-order valence-electron chi connectivity index (χ4n) is 4.56. The molecule has 0 heterocycles. The van der Waals surface area contributed by atoms with Crippen LogP contribution < -0.4 is 0 Å². The van der Waals surface area contributed by atoms with E-state index in [1.165, 1.54) is 83.5 Å². The molecule has 0 radical (unpaired) electrons. The smallest absolute Gasteiger partial charge is 0.0848 e. The molecule has 0 saturated heterocycles. The summed E-state index contributed by atoms with van der Waals surface area (Å²) >= 11 is 0. The molecule has 0 amide bonds. The number of para-hydroxylation sites is 2. The minimum absolute atomic E-state index is 0.945. The number of aliphatic imine (C=N–C) groups is 2. The summed E-state index contributed by atoms with van der Waals surface area (Å²) in [4.78, 5) is 10.0. The van der Waals surface area contributed by atoms with Gasteiger partial charge in [-0.1, -0.05) is 140 Å². The molecule has 0 aliphatic heterocycles. The molecule has 2 heteroatoms. The van der Waals surface area contributed by atoms with Crippen LogP contribution in [0, 0.1) is 0 Å². The van der Waals surface area contributed by atoms with Crippen LogP contribution in [0.3, 0.4) is 0 Å². The minimum atomic E-state index is 0.945. The van der Waals surface area contributed by atoms with E-state index < -0.39 is 0 Å². The monoisotopic (exact) mass is 500 g/mol. The summed E-state index contributed by atoms with van der Waals surface area (Å²) in [6, 6.07) is 20.6. The van der Waals surface area contributed by atoms with Gasteiger partial charge < -0.3 is 0 Å². The van der Waals surface area contributed by atoms with Gasteiger partial charge in [0.2, 0.25) is 0 Å². The van der Waals surface area contributed by atoms with Gasteiger partial charge in [-0.15, -0.1) is 0 Å². The molecule has 0 saturated carbocycles. The Kier molecular flexibility index (Phi) is 17.9. The average Bonchev–Trinajstić information content (AvgIpc) is 2.93. The molecule has 0 fully saturated rings. The van der Waals surface area contributed by atoms with Gasteiger partial charge in [0, 0.05) is 0 Å². The van der Waals surface area contributed by atoms with E-state index in [1.807, 2.05) is 24.3 Å². The van der Waals surface area contributed by atoms with Crippen LogP contribution in [0.5, 0.6) is 0 Å². The predicted octanol–water partition coefficient (Wildman–Crippen LogP) is 11.8. The van der Waals surface area contributed by atoms with Crippen LogP contribution in [0.2, 0.25) is 0 Å². The highest BCUT2D eigenvalue weighted by Crippen LogP contribution is 2.18. The lowest BCUT2D eigenvalue weighted by atomic mass is 10.0. The van der Waals surface area contributed by atoms with Crippen LogP contribution in [-0.2, 0) is 0 Å².